The lowest BCUT2D eigenvalue weighted by Gasteiger charge is -2.05. The van der Waals surface area contributed by atoms with E-state index in [0.717, 1.165) is 28.3 Å². The van der Waals surface area contributed by atoms with Crippen LogP contribution in [0.5, 0.6) is 0 Å². The number of thiophene rings is 1. The van der Waals surface area contributed by atoms with Crippen LogP contribution in [-0.2, 0) is 28.9 Å². The van der Waals surface area contributed by atoms with Gasteiger partial charge in [0.25, 0.3) is 5.56 Å². The predicted octanol–water partition coefficient (Wildman–Crippen LogP) is 3.22. The summed E-state index contributed by atoms with van der Waals surface area (Å²) >= 11 is 2.40. The molecule has 0 radical (unpaired) electrons. The van der Waals surface area contributed by atoms with Crippen LogP contribution in [0.1, 0.15) is 32.7 Å². The molecule has 4 rings (SSSR count). The number of hydrogen-bond donors (Lipinski definition) is 1. The Kier molecular flexibility index (Phi) is 6.90. The molecule has 0 unspecified atom stereocenters. The monoisotopic (exact) mass is 483 g/mol. The van der Waals surface area contributed by atoms with Gasteiger partial charge in [-0.1, -0.05) is 48.6 Å². The van der Waals surface area contributed by atoms with Crippen LogP contribution in [0.2, 0.25) is 0 Å². The van der Waals surface area contributed by atoms with Crippen molar-refractivity contribution in [3.05, 3.63) is 68.0 Å². The number of nitrogens with one attached hydrogen (secondary N) is 1. The zero-order chi connectivity index (χ0) is 23.4. The van der Waals surface area contributed by atoms with Crippen LogP contribution in [0.25, 0.3) is 10.2 Å². The van der Waals surface area contributed by atoms with Gasteiger partial charge in [-0.15, -0.1) is 21.5 Å². The number of carbonyl (C=O) groups excluding carboxylic acids is 2. The van der Waals surface area contributed by atoms with Crippen LogP contribution in [-0.4, -0.2) is 38.2 Å². The van der Waals surface area contributed by atoms with Gasteiger partial charge in [0.2, 0.25) is 11.0 Å². The first-order valence-corrected chi connectivity index (χ1v) is 11.9. The average Bonchev–Trinajstić information content (AvgIpc) is 3.40. The molecule has 0 spiro atoms. The van der Waals surface area contributed by atoms with E-state index in [1.807, 2.05) is 37.3 Å². The van der Waals surface area contributed by atoms with Gasteiger partial charge >= 0.3 is 5.97 Å². The molecule has 170 valence electrons. The van der Waals surface area contributed by atoms with E-state index in [2.05, 4.69) is 20.5 Å². The van der Waals surface area contributed by atoms with Gasteiger partial charge in [0.15, 0.2) is 0 Å². The maximum absolute atomic E-state index is 13.0. The Balaban J connectivity index is 1.47. The third kappa shape index (κ3) is 5.15. The highest BCUT2D eigenvalue weighted by Gasteiger charge is 2.21. The number of aromatic nitrogens is 4. The maximum Gasteiger partial charge on any atom is 0.348 e. The number of benzene rings is 1. The second-order valence-corrected chi connectivity index (χ2v) is 9.25. The molecule has 0 fully saturated rings. The number of anilines is 1. The molecule has 33 heavy (non-hydrogen) atoms. The molecule has 0 saturated heterocycles. The summed E-state index contributed by atoms with van der Waals surface area (Å²) < 4.78 is 6.63. The van der Waals surface area contributed by atoms with Crippen LogP contribution in [0, 0.1) is 6.92 Å². The molecule has 11 heteroatoms. The third-order valence-corrected chi connectivity index (χ3v) is 7.06. The molecular weight excluding hydrogens is 462 g/mol. The molecular formula is C22H21N5O4S2. The molecule has 3 aromatic heterocycles. The van der Waals surface area contributed by atoms with Crippen molar-refractivity contribution in [2.24, 2.45) is 0 Å². The van der Waals surface area contributed by atoms with Gasteiger partial charge in [0.05, 0.1) is 18.3 Å². The highest BCUT2D eigenvalue weighted by molar-refractivity contribution is 7.20. The van der Waals surface area contributed by atoms with Crippen molar-refractivity contribution in [2.45, 2.75) is 33.2 Å². The summed E-state index contributed by atoms with van der Waals surface area (Å²) in [4.78, 5) is 43.0. The van der Waals surface area contributed by atoms with Gasteiger partial charge < -0.3 is 4.74 Å². The van der Waals surface area contributed by atoms with Gasteiger partial charge in [-0.3, -0.25) is 19.5 Å². The standard InChI is InChI=1S/C22H21N5O4S2/c1-3-16-25-26-22(32-16)24-15(28)11-27-12-23-19-17(20(27)29)13(2)18(33-19)21(30)31-10-9-14-7-5-4-6-8-14/h4-8,12H,3,9-11H2,1-2H3,(H,24,26,28). The minimum Gasteiger partial charge on any atom is -0.461 e. The highest BCUT2D eigenvalue weighted by atomic mass is 32.1. The van der Waals surface area contributed by atoms with Crippen molar-refractivity contribution < 1.29 is 14.3 Å². The van der Waals surface area contributed by atoms with Crippen LogP contribution in [0.4, 0.5) is 5.13 Å². The van der Waals surface area contributed by atoms with Crippen molar-refractivity contribution >= 4 is 49.9 Å². The number of esters is 1. The molecule has 0 bridgehead atoms. The largest absolute Gasteiger partial charge is 0.461 e. The smallest absolute Gasteiger partial charge is 0.348 e. The van der Waals surface area contributed by atoms with E-state index in [1.165, 1.54) is 22.2 Å². The lowest BCUT2D eigenvalue weighted by atomic mass is 10.2. The van der Waals surface area contributed by atoms with Crippen molar-refractivity contribution in [1.29, 1.82) is 0 Å². The van der Waals surface area contributed by atoms with E-state index in [0.29, 0.717) is 32.2 Å². The van der Waals surface area contributed by atoms with Crippen LogP contribution in [0.3, 0.4) is 0 Å². The fraction of sp³-hybridized carbons (Fsp3) is 0.273. The van der Waals surface area contributed by atoms with Crippen LogP contribution in [0.15, 0.2) is 41.5 Å². The van der Waals surface area contributed by atoms with Gasteiger partial charge in [0.1, 0.15) is 21.3 Å². The number of nitrogens with zero attached hydrogens (tertiary/aromatic N) is 4. The first-order valence-electron chi connectivity index (χ1n) is 10.3. The van der Waals surface area contributed by atoms with E-state index in [9.17, 15) is 14.4 Å². The Morgan fingerprint density at radius 2 is 1.94 bits per heavy atom. The lowest BCUT2D eigenvalue weighted by Crippen LogP contribution is -2.27. The van der Waals surface area contributed by atoms with Gasteiger partial charge in [-0.25, -0.2) is 9.78 Å². The van der Waals surface area contributed by atoms with E-state index in [1.54, 1.807) is 6.92 Å². The minimum atomic E-state index is -0.488. The molecule has 0 aliphatic carbocycles. The quantitative estimate of drug-likeness (QED) is 0.383. The number of aryl methyl sites for hydroxylation is 2. The van der Waals surface area contributed by atoms with Crippen molar-refractivity contribution in [2.75, 3.05) is 11.9 Å². The molecule has 4 aromatic rings. The lowest BCUT2D eigenvalue weighted by molar-refractivity contribution is -0.116. The molecule has 1 amide bonds. The number of rotatable bonds is 8. The fourth-order valence-electron chi connectivity index (χ4n) is 3.20. The van der Waals surface area contributed by atoms with E-state index >= 15 is 0 Å². The van der Waals surface area contributed by atoms with Crippen LogP contribution < -0.4 is 10.9 Å². The molecule has 1 aromatic carbocycles. The van der Waals surface area contributed by atoms with Gasteiger partial charge in [-0.2, -0.15) is 0 Å². The molecule has 0 saturated carbocycles. The first-order chi connectivity index (χ1) is 16.0. The topological polar surface area (TPSA) is 116 Å². The summed E-state index contributed by atoms with van der Waals surface area (Å²) in [6.45, 7) is 3.64. The molecule has 9 nitrogen and oxygen atoms in total. The number of carbonyl (C=O) groups is 2. The summed E-state index contributed by atoms with van der Waals surface area (Å²) in [5.41, 5.74) is 1.18. The Hall–Kier alpha value is -3.44. The number of hydrogen-bond acceptors (Lipinski definition) is 9. The molecule has 0 atom stereocenters. The van der Waals surface area contributed by atoms with Crippen molar-refractivity contribution in [3.63, 3.8) is 0 Å². The highest BCUT2D eigenvalue weighted by Crippen LogP contribution is 2.27. The molecule has 1 N–H and O–H groups in total. The summed E-state index contributed by atoms with van der Waals surface area (Å²) in [7, 11) is 0. The maximum atomic E-state index is 13.0. The van der Waals surface area contributed by atoms with Crippen molar-refractivity contribution in [3.8, 4) is 0 Å². The number of fused-ring (bicyclic) bond motifs is 1. The second-order valence-electron chi connectivity index (χ2n) is 7.19. The Bertz CT molecular complexity index is 1360. The fourth-order valence-corrected chi connectivity index (χ4v) is 4.93. The normalized spacial score (nSPS) is 11.0. The molecule has 3 heterocycles. The summed E-state index contributed by atoms with van der Waals surface area (Å²) in [6.07, 6.45) is 2.63. The molecule has 0 aliphatic rings. The third-order valence-electron chi connectivity index (χ3n) is 4.90. The van der Waals surface area contributed by atoms with Gasteiger partial charge in [-0.05, 0) is 24.5 Å². The second kappa shape index (κ2) is 10.0. The van der Waals surface area contributed by atoms with Crippen LogP contribution >= 0.6 is 22.7 Å². The number of ether oxygens (including phenoxy) is 1. The Morgan fingerprint density at radius 1 is 1.15 bits per heavy atom. The summed E-state index contributed by atoms with van der Waals surface area (Å²) in [5, 5.41) is 12.0. The average molecular weight is 484 g/mol. The van der Waals surface area contributed by atoms with E-state index < -0.39 is 17.4 Å². The number of amides is 1. The predicted molar refractivity (Wildman–Crippen MR) is 127 cm³/mol. The Morgan fingerprint density at radius 3 is 2.67 bits per heavy atom. The van der Waals surface area contributed by atoms with Gasteiger partial charge in [0, 0.05) is 6.42 Å². The zero-order valence-corrected chi connectivity index (χ0v) is 19.7. The zero-order valence-electron chi connectivity index (χ0n) is 18.0. The summed E-state index contributed by atoms with van der Waals surface area (Å²) in [6, 6.07) is 9.72. The van der Waals surface area contributed by atoms with Crippen molar-refractivity contribution in [1.82, 2.24) is 19.7 Å². The van der Waals surface area contributed by atoms with E-state index in [4.69, 9.17) is 4.74 Å². The Labute approximate surface area is 197 Å². The van der Waals surface area contributed by atoms with E-state index in [-0.39, 0.29) is 13.2 Å². The SMILES string of the molecule is CCc1nnc(NC(=O)Cn2cnc3sc(C(=O)OCCc4ccccc4)c(C)c3c2=O)s1. The minimum absolute atomic E-state index is 0.227. The first kappa shape index (κ1) is 22.7. The molecule has 0 aliphatic heterocycles. The summed E-state index contributed by atoms with van der Waals surface area (Å²) in [5.74, 6) is -0.899.